The third kappa shape index (κ3) is 3.08. The van der Waals surface area contributed by atoms with Gasteiger partial charge in [0.1, 0.15) is 0 Å². The number of rotatable bonds is 3. The van der Waals surface area contributed by atoms with E-state index in [0.717, 1.165) is 26.1 Å². The maximum absolute atomic E-state index is 10.6. The van der Waals surface area contributed by atoms with Gasteiger partial charge < -0.3 is 15.8 Å². The van der Waals surface area contributed by atoms with E-state index in [-0.39, 0.29) is 4.75 Å². The number of nitrogens with one attached hydrogen (secondary N) is 1. The number of amides is 2. The van der Waals surface area contributed by atoms with E-state index < -0.39 is 6.03 Å². The molecule has 0 radical (unpaired) electrons. The monoisotopic (exact) mass is 204 g/mol. The number of ether oxygens (including phenoxy) is 1. The van der Waals surface area contributed by atoms with E-state index in [1.165, 1.54) is 0 Å². The minimum Gasteiger partial charge on any atom is -0.381 e. The van der Waals surface area contributed by atoms with Gasteiger partial charge in [-0.2, -0.15) is 11.8 Å². The number of thioether (sulfide) groups is 1. The van der Waals surface area contributed by atoms with Gasteiger partial charge in [-0.05, 0) is 19.1 Å². The molecule has 0 bridgehead atoms. The van der Waals surface area contributed by atoms with Crippen LogP contribution in [0.25, 0.3) is 0 Å². The normalized spacial score (nSPS) is 21.0. The number of hydrogen-bond acceptors (Lipinski definition) is 3. The molecule has 1 aliphatic rings. The summed E-state index contributed by atoms with van der Waals surface area (Å²) in [4.78, 5) is 10.6. The molecule has 0 aromatic carbocycles. The summed E-state index contributed by atoms with van der Waals surface area (Å²) in [6, 6.07) is -0.445. The third-order valence-electron chi connectivity index (χ3n) is 2.42. The average molecular weight is 204 g/mol. The summed E-state index contributed by atoms with van der Waals surface area (Å²) in [5, 5.41) is 2.67. The fourth-order valence-corrected chi connectivity index (χ4v) is 2.24. The van der Waals surface area contributed by atoms with Gasteiger partial charge in [0.15, 0.2) is 0 Å². The highest BCUT2D eigenvalue weighted by Gasteiger charge is 2.31. The van der Waals surface area contributed by atoms with Gasteiger partial charge >= 0.3 is 6.03 Å². The Morgan fingerprint density at radius 3 is 2.69 bits per heavy atom. The number of carbonyl (C=O) groups excluding carboxylic acids is 1. The maximum atomic E-state index is 10.6. The zero-order chi connectivity index (χ0) is 9.73. The number of carbonyl (C=O) groups is 1. The zero-order valence-electron chi connectivity index (χ0n) is 7.84. The second-order valence-electron chi connectivity index (χ2n) is 3.22. The van der Waals surface area contributed by atoms with Crippen LogP contribution in [0.2, 0.25) is 0 Å². The van der Waals surface area contributed by atoms with Gasteiger partial charge in [-0.25, -0.2) is 4.79 Å². The smallest absolute Gasteiger partial charge is 0.312 e. The van der Waals surface area contributed by atoms with Crippen molar-refractivity contribution in [1.82, 2.24) is 5.32 Å². The van der Waals surface area contributed by atoms with Crippen LogP contribution < -0.4 is 11.1 Å². The summed E-state index contributed by atoms with van der Waals surface area (Å²) in [6.45, 7) is 2.20. The van der Waals surface area contributed by atoms with Crippen LogP contribution >= 0.6 is 11.8 Å². The molecule has 3 N–H and O–H groups in total. The lowest BCUT2D eigenvalue weighted by Gasteiger charge is -2.35. The molecule has 1 saturated heterocycles. The molecule has 13 heavy (non-hydrogen) atoms. The van der Waals surface area contributed by atoms with Crippen LogP contribution in [0.5, 0.6) is 0 Å². The van der Waals surface area contributed by atoms with E-state index in [0.29, 0.717) is 6.54 Å². The Hall–Kier alpha value is -0.420. The van der Waals surface area contributed by atoms with Crippen LogP contribution in [-0.2, 0) is 4.74 Å². The molecule has 5 heteroatoms. The van der Waals surface area contributed by atoms with E-state index >= 15 is 0 Å². The molecule has 0 aromatic heterocycles. The lowest BCUT2D eigenvalue weighted by Crippen LogP contribution is -2.45. The quantitative estimate of drug-likeness (QED) is 0.706. The van der Waals surface area contributed by atoms with Gasteiger partial charge in [-0.1, -0.05) is 0 Å². The van der Waals surface area contributed by atoms with Gasteiger partial charge in [-0.15, -0.1) is 0 Å². The first kappa shape index (κ1) is 10.7. The molecule has 0 unspecified atom stereocenters. The summed E-state index contributed by atoms with van der Waals surface area (Å²) in [5.74, 6) is 0. The van der Waals surface area contributed by atoms with E-state index in [9.17, 15) is 4.79 Å². The molecule has 2 amide bonds. The van der Waals surface area contributed by atoms with Crippen molar-refractivity contribution < 1.29 is 9.53 Å². The van der Waals surface area contributed by atoms with Crippen molar-refractivity contribution in [1.29, 1.82) is 0 Å². The largest absolute Gasteiger partial charge is 0.381 e. The van der Waals surface area contributed by atoms with E-state index in [1.807, 2.05) is 0 Å². The number of hydrogen-bond donors (Lipinski definition) is 2. The van der Waals surface area contributed by atoms with Gasteiger partial charge in [-0.3, -0.25) is 0 Å². The predicted octanol–water partition coefficient (Wildman–Crippen LogP) is 0.567. The van der Waals surface area contributed by atoms with Crippen LogP contribution in [0.1, 0.15) is 12.8 Å². The Morgan fingerprint density at radius 2 is 2.23 bits per heavy atom. The highest BCUT2D eigenvalue weighted by atomic mass is 32.2. The van der Waals surface area contributed by atoms with E-state index in [4.69, 9.17) is 10.5 Å². The Morgan fingerprint density at radius 1 is 1.62 bits per heavy atom. The number of urea groups is 1. The first-order valence-corrected chi connectivity index (χ1v) is 5.57. The summed E-state index contributed by atoms with van der Waals surface area (Å²) in [5.41, 5.74) is 5.03. The van der Waals surface area contributed by atoms with Crippen LogP contribution in [0.3, 0.4) is 0 Å². The van der Waals surface area contributed by atoms with Crippen molar-refractivity contribution in [3.63, 3.8) is 0 Å². The second kappa shape index (κ2) is 4.72. The maximum Gasteiger partial charge on any atom is 0.312 e. The molecule has 1 heterocycles. The lowest BCUT2D eigenvalue weighted by molar-refractivity contribution is 0.0778. The molecular weight excluding hydrogens is 188 g/mol. The van der Waals surface area contributed by atoms with E-state index in [2.05, 4.69) is 11.6 Å². The number of primary amides is 1. The average Bonchev–Trinajstić information content (AvgIpc) is 2.16. The molecule has 0 aromatic rings. The Labute approximate surface area is 82.6 Å². The fourth-order valence-electron chi connectivity index (χ4n) is 1.44. The molecular formula is C8H16N2O2S. The molecule has 0 spiro atoms. The third-order valence-corrected chi connectivity index (χ3v) is 3.84. The van der Waals surface area contributed by atoms with Gasteiger partial charge in [0.25, 0.3) is 0 Å². The first-order chi connectivity index (χ1) is 6.18. The second-order valence-corrected chi connectivity index (χ2v) is 4.49. The summed E-state index contributed by atoms with van der Waals surface area (Å²) in [7, 11) is 0. The molecule has 0 atom stereocenters. The van der Waals surface area contributed by atoms with Crippen molar-refractivity contribution in [2.45, 2.75) is 17.6 Å². The van der Waals surface area contributed by atoms with Crippen molar-refractivity contribution in [3.8, 4) is 0 Å². The standard InChI is InChI=1S/C8H16N2O2S/c1-13-8(6-10-7(9)11)2-4-12-5-3-8/h2-6H2,1H3,(H3,9,10,11). The topological polar surface area (TPSA) is 64.3 Å². The molecule has 1 fully saturated rings. The highest BCUT2D eigenvalue weighted by Crippen LogP contribution is 2.32. The van der Waals surface area contributed by atoms with Crippen molar-refractivity contribution in [3.05, 3.63) is 0 Å². The molecule has 76 valence electrons. The highest BCUT2D eigenvalue weighted by molar-refractivity contribution is 8.00. The molecule has 0 aliphatic carbocycles. The van der Waals surface area contributed by atoms with Crippen LogP contribution in [0, 0.1) is 0 Å². The van der Waals surface area contributed by atoms with Crippen molar-refractivity contribution >= 4 is 17.8 Å². The van der Waals surface area contributed by atoms with Crippen LogP contribution in [-0.4, -0.2) is 36.8 Å². The first-order valence-electron chi connectivity index (χ1n) is 4.35. The summed E-state index contributed by atoms with van der Waals surface area (Å²) >= 11 is 1.78. The fraction of sp³-hybridized carbons (Fsp3) is 0.875. The Kier molecular flexibility index (Phi) is 3.87. The molecule has 1 aliphatic heterocycles. The number of nitrogens with two attached hydrogens (primary N) is 1. The minimum absolute atomic E-state index is 0.132. The summed E-state index contributed by atoms with van der Waals surface area (Å²) < 4.78 is 5.41. The SMILES string of the molecule is CSC1(CNC(N)=O)CCOCC1. The molecule has 4 nitrogen and oxygen atoms in total. The predicted molar refractivity (Wildman–Crippen MR) is 53.9 cm³/mol. The van der Waals surface area contributed by atoms with Crippen molar-refractivity contribution in [2.24, 2.45) is 5.73 Å². The molecule has 0 saturated carbocycles. The van der Waals surface area contributed by atoms with Crippen LogP contribution in [0.4, 0.5) is 4.79 Å². The Bertz CT molecular complexity index is 181. The van der Waals surface area contributed by atoms with Crippen molar-refractivity contribution in [2.75, 3.05) is 26.0 Å². The lowest BCUT2D eigenvalue weighted by atomic mass is 9.99. The van der Waals surface area contributed by atoms with Gasteiger partial charge in [0.2, 0.25) is 0 Å². The van der Waals surface area contributed by atoms with Gasteiger partial charge in [0, 0.05) is 24.5 Å². The summed E-state index contributed by atoms with van der Waals surface area (Å²) in [6.07, 6.45) is 4.02. The zero-order valence-corrected chi connectivity index (χ0v) is 8.65. The Balaban J connectivity index is 2.42. The van der Waals surface area contributed by atoms with Crippen LogP contribution in [0.15, 0.2) is 0 Å². The molecule has 1 rings (SSSR count). The van der Waals surface area contributed by atoms with E-state index in [1.54, 1.807) is 11.8 Å². The minimum atomic E-state index is -0.445. The van der Waals surface area contributed by atoms with Gasteiger partial charge in [0.05, 0.1) is 0 Å².